The van der Waals surface area contributed by atoms with Gasteiger partial charge in [-0.15, -0.1) is 11.3 Å². The van der Waals surface area contributed by atoms with Crippen molar-refractivity contribution in [1.82, 2.24) is 15.0 Å². The van der Waals surface area contributed by atoms with Gasteiger partial charge in [-0.1, -0.05) is 13.0 Å². The van der Waals surface area contributed by atoms with Gasteiger partial charge >= 0.3 is 0 Å². The van der Waals surface area contributed by atoms with Crippen LogP contribution in [0, 0.1) is 6.92 Å². The molecule has 2 aromatic rings. The monoisotopic (exact) mass is 325 g/mol. The minimum atomic E-state index is -3.53. The quantitative estimate of drug-likeness (QED) is 0.817. The van der Waals surface area contributed by atoms with Crippen molar-refractivity contribution in [3.63, 3.8) is 0 Å². The molecule has 0 unspecified atom stereocenters. The number of thiophene rings is 1. The second-order valence-electron chi connectivity index (χ2n) is 4.60. The Hall–Kier alpha value is -1.28. The van der Waals surface area contributed by atoms with Crippen LogP contribution in [-0.2, 0) is 23.1 Å². The van der Waals surface area contributed by atoms with Crippen LogP contribution in [0.3, 0.4) is 0 Å². The van der Waals surface area contributed by atoms with Gasteiger partial charge in [0, 0.05) is 17.6 Å². The highest BCUT2D eigenvalue weighted by molar-refractivity contribution is 7.89. The molecule has 2 N–H and O–H groups in total. The van der Waals surface area contributed by atoms with E-state index in [4.69, 9.17) is 0 Å². The molecule has 5 nitrogen and oxygen atoms in total. The molecule has 2 heterocycles. The Balaban J connectivity index is 2.17. The fourth-order valence-electron chi connectivity index (χ4n) is 1.95. The molecular formula is C14H19N3O2S2. The Labute approximate surface area is 129 Å². The first-order valence-corrected chi connectivity index (χ1v) is 9.08. The fraction of sp³-hybridized carbons (Fsp3) is 0.357. The van der Waals surface area contributed by atoms with Crippen molar-refractivity contribution >= 4 is 21.4 Å². The van der Waals surface area contributed by atoms with Crippen LogP contribution >= 0.6 is 11.3 Å². The van der Waals surface area contributed by atoms with E-state index in [1.165, 1.54) is 11.3 Å². The largest absolute Gasteiger partial charge is 0.312 e. The average Bonchev–Trinajstić information content (AvgIpc) is 2.86. The van der Waals surface area contributed by atoms with Gasteiger partial charge in [-0.25, -0.2) is 13.1 Å². The molecule has 114 valence electrons. The van der Waals surface area contributed by atoms with E-state index in [0.717, 1.165) is 17.0 Å². The molecule has 0 aliphatic rings. The molecule has 0 saturated carbocycles. The maximum Gasteiger partial charge on any atom is 0.242 e. The highest BCUT2D eigenvalue weighted by atomic mass is 32.2. The van der Waals surface area contributed by atoms with Gasteiger partial charge in [0.15, 0.2) is 0 Å². The summed E-state index contributed by atoms with van der Waals surface area (Å²) in [6.45, 7) is 5.38. The molecule has 0 atom stereocenters. The van der Waals surface area contributed by atoms with Crippen molar-refractivity contribution in [1.29, 1.82) is 0 Å². The van der Waals surface area contributed by atoms with Gasteiger partial charge in [-0.2, -0.15) is 0 Å². The predicted molar refractivity (Wildman–Crippen MR) is 84.7 cm³/mol. The molecule has 2 aromatic heterocycles. The van der Waals surface area contributed by atoms with E-state index in [0.29, 0.717) is 17.1 Å². The Morgan fingerprint density at radius 3 is 2.76 bits per heavy atom. The van der Waals surface area contributed by atoms with Crippen LogP contribution in [0.15, 0.2) is 34.7 Å². The number of sulfonamides is 1. The van der Waals surface area contributed by atoms with Crippen LogP contribution in [0.25, 0.3) is 0 Å². The molecule has 0 saturated heterocycles. The Kier molecular flexibility index (Phi) is 5.46. The fourth-order valence-corrected chi connectivity index (χ4v) is 4.73. The van der Waals surface area contributed by atoms with Crippen molar-refractivity contribution < 1.29 is 8.42 Å². The minimum Gasteiger partial charge on any atom is -0.312 e. The van der Waals surface area contributed by atoms with Gasteiger partial charge in [0.05, 0.1) is 12.2 Å². The Bertz CT molecular complexity index is 681. The second-order valence-corrected chi connectivity index (χ2v) is 7.26. The van der Waals surface area contributed by atoms with E-state index < -0.39 is 10.0 Å². The molecule has 0 fully saturated rings. The van der Waals surface area contributed by atoms with Gasteiger partial charge in [-0.05, 0) is 36.5 Å². The lowest BCUT2D eigenvalue weighted by Crippen LogP contribution is -2.25. The average molecular weight is 325 g/mol. The summed E-state index contributed by atoms with van der Waals surface area (Å²) in [6.07, 6.45) is 1.65. The summed E-state index contributed by atoms with van der Waals surface area (Å²) in [6, 6.07) is 5.43. The van der Waals surface area contributed by atoms with Crippen LogP contribution in [-0.4, -0.2) is 19.9 Å². The van der Waals surface area contributed by atoms with Crippen LogP contribution in [0.4, 0.5) is 0 Å². The lowest BCUT2D eigenvalue weighted by atomic mass is 10.3. The third-order valence-electron chi connectivity index (χ3n) is 2.96. The molecule has 2 rings (SSSR count). The van der Waals surface area contributed by atoms with E-state index in [9.17, 15) is 8.42 Å². The van der Waals surface area contributed by atoms with Crippen molar-refractivity contribution in [2.24, 2.45) is 0 Å². The Morgan fingerprint density at radius 1 is 1.29 bits per heavy atom. The molecule has 0 aliphatic heterocycles. The van der Waals surface area contributed by atoms with Crippen molar-refractivity contribution in [3.8, 4) is 0 Å². The first-order chi connectivity index (χ1) is 10.0. The summed E-state index contributed by atoms with van der Waals surface area (Å²) >= 11 is 1.47. The Morgan fingerprint density at radius 2 is 2.10 bits per heavy atom. The van der Waals surface area contributed by atoms with E-state index in [-0.39, 0.29) is 6.54 Å². The number of nitrogens with zero attached hydrogens (tertiary/aromatic N) is 1. The van der Waals surface area contributed by atoms with Crippen molar-refractivity contribution in [2.45, 2.75) is 31.8 Å². The van der Waals surface area contributed by atoms with Crippen LogP contribution in [0.5, 0.6) is 0 Å². The van der Waals surface area contributed by atoms with Crippen LogP contribution in [0.2, 0.25) is 0 Å². The molecule has 0 aromatic carbocycles. The molecule has 7 heteroatoms. The van der Waals surface area contributed by atoms with E-state index in [1.807, 2.05) is 25.3 Å². The molecule has 0 aliphatic carbocycles. The molecule has 0 bridgehead atoms. The normalized spacial score (nSPS) is 11.7. The zero-order valence-corrected chi connectivity index (χ0v) is 13.7. The van der Waals surface area contributed by atoms with Crippen molar-refractivity contribution in [2.75, 3.05) is 6.54 Å². The van der Waals surface area contributed by atoms with Gasteiger partial charge in [-0.3, -0.25) is 4.98 Å². The van der Waals surface area contributed by atoms with Crippen molar-refractivity contribution in [3.05, 3.63) is 45.9 Å². The lowest BCUT2D eigenvalue weighted by Gasteiger charge is -2.09. The predicted octanol–water partition coefficient (Wildman–Crippen LogP) is 2.04. The number of aromatic nitrogens is 1. The number of nitrogens with one attached hydrogen (secondary N) is 2. The number of hydrogen-bond acceptors (Lipinski definition) is 5. The summed E-state index contributed by atoms with van der Waals surface area (Å²) in [5, 5.41) is 5.05. The third-order valence-corrected chi connectivity index (χ3v) is 5.83. The molecule has 0 radical (unpaired) electrons. The number of pyridine rings is 1. The zero-order valence-electron chi connectivity index (χ0n) is 12.1. The molecule has 21 heavy (non-hydrogen) atoms. The standard InChI is InChI=1S/C14H19N3O2S2/c1-3-15-9-13-14(11(2)10-20-13)21(18,19)17-8-12-6-4-5-7-16-12/h4-7,10,15,17H,3,8-9H2,1-2H3. The summed E-state index contributed by atoms with van der Waals surface area (Å²) in [7, 11) is -3.53. The van der Waals surface area contributed by atoms with E-state index in [1.54, 1.807) is 18.3 Å². The molecule has 0 spiro atoms. The highest BCUT2D eigenvalue weighted by Gasteiger charge is 2.22. The second kappa shape index (κ2) is 7.13. The molecule has 0 amide bonds. The number of rotatable bonds is 7. The molecular weight excluding hydrogens is 306 g/mol. The minimum absolute atomic E-state index is 0.194. The first kappa shape index (κ1) is 16.1. The van der Waals surface area contributed by atoms with Gasteiger partial charge in [0.2, 0.25) is 10.0 Å². The lowest BCUT2D eigenvalue weighted by molar-refractivity contribution is 0.578. The summed E-state index contributed by atoms with van der Waals surface area (Å²) in [4.78, 5) is 5.35. The SMILES string of the molecule is CCNCc1scc(C)c1S(=O)(=O)NCc1ccccn1. The van der Waals surface area contributed by atoms with Gasteiger partial charge in [0.1, 0.15) is 4.90 Å². The summed E-state index contributed by atoms with van der Waals surface area (Å²) < 4.78 is 27.6. The zero-order chi connectivity index (χ0) is 15.3. The number of hydrogen-bond donors (Lipinski definition) is 2. The maximum atomic E-state index is 12.5. The summed E-state index contributed by atoms with van der Waals surface area (Å²) in [5.41, 5.74) is 1.48. The van der Waals surface area contributed by atoms with Crippen LogP contribution in [0.1, 0.15) is 23.1 Å². The first-order valence-electron chi connectivity index (χ1n) is 6.72. The summed E-state index contributed by atoms with van der Waals surface area (Å²) in [5.74, 6) is 0. The number of aryl methyl sites for hydroxylation is 1. The van der Waals surface area contributed by atoms with E-state index in [2.05, 4.69) is 15.0 Å². The third kappa shape index (κ3) is 4.10. The topological polar surface area (TPSA) is 71.1 Å². The van der Waals surface area contributed by atoms with E-state index >= 15 is 0 Å². The van der Waals surface area contributed by atoms with Gasteiger partial charge < -0.3 is 5.32 Å². The van der Waals surface area contributed by atoms with Crippen LogP contribution < -0.4 is 10.0 Å². The maximum absolute atomic E-state index is 12.5. The van der Waals surface area contributed by atoms with Gasteiger partial charge in [0.25, 0.3) is 0 Å². The smallest absolute Gasteiger partial charge is 0.242 e. The highest BCUT2D eigenvalue weighted by Crippen LogP contribution is 2.26.